The lowest BCUT2D eigenvalue weighted by atomic mass is 9.51. The van der Waals surface area contributed by atoms with Crippen molar-refractivity contribution in [3.05, 3.63) is 0 Å². The van der Waals surface area contributed by atoms with Crippen molar-refractivity contribution in [1.29, 1.82) is 0 Å². The van der Waals surface area contributed by atoms with Crippen LogP contribution in [0, 0.1) is 0 Å². The minimum atomic E-state index is 0.135. The second kappa shape index (κ2) is 4.46. The van der Waals surface area contributed by atoms with E-state index in [9.17, 15) is 0 Å². The van der Waals surface area contributed by atoms with E-state index < -0.39 is 0 Å². The molecule has 0 atom stereocenters. The molecule has 0 aliphatic rings. The van der Waals surface area contributed by atoms with E-state index in [1.54, 1.807) is 0 Å². The van der Waals surface area contributed by atoms with Gasteiger partial charge in [-0.2, -0.15) is 0 Å². The minimum Gasteiger partial charge on any atom is -0.337 e. The van der Waals surface area contributed by atoms with E-state index in [1.807, 2.05) is 0 Å². The van der Waals surface area contributed by atoms with E-state index in [2.05, 4.69) is 72.8 Å². The highest BCUT2D eigenvalue weighted by molar-refractivity contribution is 6.57. The standard InChI is InChI=1S/C12H29BN2/c1-10(2,3)13(14-11(4,5)6)15-12(7,8)9/h14-15H,1-9H3. The topological polar surface area (TPSA) is 24.1 Å². The average Bonchev–Trinajstić information content (AvgIpc) is 1.75. The molecule has 90 valence electrons. The van der Waals surface area contributed by atoms with Crippen LogP contribution in [-0.2, 0) is 0 Å². The molecule has 0 spiro atoms. The molecule has 2 N–H and O–H groups in total. The van der Waals surface area contributed by atoms with Crippen molar-refractivity contribution >= 4 is 6.98 Å². The van der Waals surface area contributed by atoms with Gasteiger partial charge in [0, 0.05) is 11.1 Å². The fraction of sp³-hybridized carbons (Fsp3) is 1.00. The summed E-state index contributed by atoms with van der Waals surface area (Å²) in [4.78, 5) is 0. The molecule has 0 radical (unpaired) electrons. The Morgan fingerprint density at radius 2 is 0.867 bits per heavy atom. The average molecular weight is 212 g/mol. The Morgan fingerprint density at radius 3 is 1.00 bits per heavy atom. The number of hydrogen-bond donors (Lipinski definition) is 2. The molecule has 0 aromatic rings. The molecule has 0 saturated heterocycles. The molecule has 0 amide bonds. The summed E-state index contributed by atoms with van der Waals surface area (Å²) >= 11 is 0. The molecule has 0 unspecified atom stereocenters. The maximum Gasteiger partial charge on any atom is 0.311 e. The predicted octanol–water partition coefficient (Wildman–Crippen LogP) is 3.05. The van der Waals surface area contributed by atoms with Crippen molar-refractivity contribution < 1.29 is 0 Å². The van der Waals surface area contributed by atoms with E-state index in [1.165, 1.54) is 0 Å². The van der Waals surface area contributed by atoms with Crippen LogP contribution in [0.3, 0.4) is 0 Å². The van der Waals surface area contributed by atoms with Gasteiger partial charge in [-0.15, -0.1) is 0 Å². The molecule has 15 heavy (non-hydrogen) atoms. The molecule has 0 aliphatic heterocycles. The van der Waals surface area contributed by atoms with Gasteiger partial charge >= 0.3 is 6.98 Å². The Kier molecular flexibility index (Phi) is 4.46. The first-order chi connectivity index (χ1) is 6.31. The van der Waals surface area contributed by atoms with Crippen LogP contribution in [0.2, 0.25) is 5.31 Å². The predicted molar refractivity (Wildman–Crippen MR) is 71.2 cm³/mol. The molecule has 0 heterocycles. The van der Waals surface area contributed by atoms with E-state index in [4.69, 9.17) is 0 Å². The first-order valence-corrected chi connectivity index (χ1v) is 5.87. The van der Waals surface area contributed by atoms with Crippen LogP contribution in [0.1, 0.15) is 62.3 Å². The lowest BCUT2D eigenvalue weighted by Crippen LogP contribution is -2.63. The fourth-order valence-corrected chi connectivity index (χ4v) is 1.34. The summed E-state index contributed by atoms with van der Waals surface area (Å²) in [5.41, 5.74) is 0.270. The summed E-state index contributed by atoms with van der Waals surface area (Å²) in [5.74, 6) is 0. The van der Waals surface area contributed by atoms with Gasteiger partial charge in [0.2, 0.25) is 0 Å². The lowest BCUT2D eigenvalue weighted by molar-refractivity contribution is 0.453. The maximum atomic E-state index is 3.64. The minimum absolute atomic E-state index is 0.135. The third-order valence-electron chi connectivity index (χ3n) is 2.02. The van der Waals surface area contributed by atoms with Gasteiger partial charge in [-0.1, -0.05) is 20.8 Å². The summed E-state index contributed by atoms with van der Waals surface area (Å²) in [7, 11) is 0. The second-order valence-corrected chi connectivity index (χ2v) is 7.59. The van der Waals surface area contributed by atoms with Crippen molar-refractivity contribution in [1.82, 2.24) is 10.5 Å². The summed E-state index contributed by atoms with van der Waals surface area (Å²) in [6, 6.07) is 0. The Balaban J connectivity index is 4.62. The molecule has 0 aliphatic carbocycles. The highest BCUT2D eigenvalue weighted by Crippen LogP contribution is 2.26. The highest BCUT2D eigenvalue weighted by Gasteiger charge is 2.35. The molecule has 0 rings (SSSR count). The molecule has 0 fully saturated rings. The molecule has 3 heteroatoms. The van der Waals surface area contributed by atoms with Crippen molar-refractivity contribution in [2.45, 2.75) is 78.7 Å². The molecular formula is C12H29BN2. The quantitative estimate of drug-likeness (QED) is 0.687. The second-order valence-electron chi connectivity index (χ2n) is 7.59. The third-order valence-corrected chi connectivity index (χ3v) is 2.02. The molecule has 0 aromatic heterocycles. The summed E-state index contributed by atoms with van der Waals surface area (Å²) < 4.78 is 0. The molecule has 0 aromatic carbocycles. The van der Waals surface area contributed by atoms with E-state index in [0.29, 0.717) is 6.98 Å². The zero-order chi connectivity index (χ0) is 12.5. The van der Waals surface area contributed by atoms with E-state index >= 15 is 0 Å². The van der Waals surface area contributed by atoms with E-state index in [0.717, 1.165) is 0 Å². The van der Waals surface area contributed by atoms with Gasteiger partial charge in [0.1, 0.15) is 0 Å². The van der Waals surface area contributed by atoms with Gasteiger partial charge < -0.3 is 10.5 Å². The molecular weight excluding hydrogens is 183 g/mol. The summed E-state index contributed by atoms with van der Waals surface area (Å²) in [5, 5.41) is 7.49. The third kappa shape index (κ3) is 7.86. The number of hydrogen-bond acceptors (Lipinski definition) is 2. The van der Waals surface area contributed by atoms with Gasteiger partial charge in [-0.3, -0.25) is 0 Å². The number of rotatable bonds is 2. The molecule has 0 bridgehead atoms. The summed E-state index contributed by atoms with van der Waals surface area (Å²) in [6.07, 6.45) is 0. The first kappa shape index (κ1) is 15.0. The van der Waals surface area contributed by atoms with Crippen LogP contribution in [0.15, 0.2) is 0 Å². The van der Waals surface area contributed by atoms with Crippen LogP contribution >= 0.6 is 0 Å². The van der Waals surface area contributed by atoms with Gasteiger partial charge in [0.15, 0.2) is 0 Å². The van der Waals surface area contributed by atoms with Crippen molar-refractivity contribution in [3.8, 4) is 0 Å². The monoisotopic (exact) mass is 212 g/mol. The van der Waals surface area contributed by atoms with Gasteiger partial charge in [-0.05, 0) is 46.9 Å². The van der Waals surface area contributed by atoms with Crippen molar-refractivity contribution in [2.75, 3.05) is 0 Å². The smallest absolute Gasteiger partial charge is 0.311 e. The zero-order valence-corrected chi connectivity index (χ0v) is 12.1. The highest BCUT2D eigenvalue weighted by atomic mass is 15.0. The Hall–Kier alpha value is -0.0151. The largest absolute Gasteiger partial charge is 0.337 e. The normalized spacial score (nSPS) is 14.2. The van der Waals surface area contributed by atoms with Gasteiger partial charge in [-0.25, -0.2) is 0 Å². The SMILES string of the molecule is CC(C)(C)NB(NC(C)(C)C)C(C)(C)C. The van der Waals surface area contributed by atoms with Crippen molar-refractivity contribution in [3.63, 3.8) is 0 Å². The van der Waals surface area contributed by atoms with Crippen LogP contribution < -0.4 is 10.5 Å². The maximum absolute atomic E-state index is 3.64. The molecule has 0 saturated carbocycles. The Bertz CT molecular complexity index is 177. The zero-order valence-electron chi connectivity index (χ0n) is 12.1. The van der Waals surface area contributed by atoms with Crippen LogP contribution in [-0.4, -0.2) is 18.1 Å². The van der Waals surface area contributed by atoms with Gasteiger partial charge in [0.25, 0.3) is 0 Å². The van der Waals surface area contributed by atoms with Crippen LogP contribution in [0.25, 0.3) is 0 Å². The van der Waals surface area contributed by atoms with Gasteiger partial charge in [0.05, 0.1) is 0 Å². The number of nitrogens with one attached hydrogen (secondary N) is 2. The Morgan fingerprint density at radius 1 is 0.600 bits per heavy atom. The fourth-order valence-electron chi connectivity index (χ4n) is 1.34. The first-order valence-electron chi connectivity index (χ1n) is 5.87. The van der Waals surface area contributed by atoms with E-state index in [-0.39, 0.29) is 16.4 Å². The van der Waals surface area contributed by atoms with Crippen LogP contribution in [0.4, 0.5) is 0 Å². The lowest BCUT2D eigenvalue weighted by Gasteiger charge is -2.38. The molecule has 2 nitrogen and oxygen atoms in total. The summed E-state index contributed by atoms with van der Waals surface area (Å²) in [6.45, 7) is 20.3. The Labute approximate surface area is 96.7 Å². The van der Waals surface area contributed by atoms with Crippen LogP contribution in [0.5, 0.6) is 0 Å². The van der Waals surface area contributed by atoms with Crippen molar-refractivity contribution in [2.24, 2.45) is 0 Å².